The topological polar surface area (TPSA) is 105 Å². The third kappa shape index (κ3) is 5.14. The van der Waals surface area contributed by atoms with Crippen molar-refractivity contribution < 1.29 is 19.4 Å². The predicted molar refractivity (Wildman–Crippen MR) is 144 cm³/mol. The fraction of sp³-hybridized carbons (Fsp3) is 0.500. The van der Waals surface area contributed by atoms with Crippen molar-refractivity contribution in [1.29, 1.82) is 0 Å². The molecule has 2 aliphatic rings. The molecule has 0 radical (unpaired) electrons. The lowest BCUT2D eigenvalue weighted by Gasteiger charge is -2.29. The second kappa shape index (κ2) is 9.93. The number of anilines is 1. The summed E-state index contributed by atoms with van der Waals surface area (Å²) in [6, 6.07) is 6.74. The molecule has 0 saturated carbocycles. The lowest BCUT2D eigenvalue weighted by Crippen LogP contribution is -2.50. The third-order valence-electron chi connectivity index (χ3n) is 7.58. The van der Waals surface area contributed by atoms with Gasteiger partial charge in [0, 0.05) is 28.8 Å². The lowest BCUT2D eigenvalue weighted by molar-refractivity contribution is -0.148. The van der Waals surface area contributed by atoms with Gasteiger partial charge >= 0.3 is 5.97 Å². The molecule has 1 amide bonds. The van der Waals surface area contributed by atoms with Crippen LogP contribution in [0.2, 0.25) is 0 Å². The highest BCUT2D eigenvalue weighted by Gasteiger charge is 2.44. The van der Waals surface area contributed by atoms with Crippen molar-refractivity contribution in [1.82, 2.24) is 14.9 Å². The summed E-state index contributed by atoms with van der Waals surface area (Å²) in [5, 5.41) is 18.0. The number of fused-ring (bicyclic) bond motifs is 5. The van der Waals surface area contributed by atoms with Gasteiger partial charge in [0.1, 0.15) is 18.2 Å². The number of aryl methyl sites for hydroxylation is 1. The highest BCUT2D eigenvalue weighted by molar-refractivity contribution is 7.13. The molecule has 5 rings (SSSR count). The Balaban J connectivity index is 1.56. The number of carbonyl (C=O) groups excluding carboxylic acids is 1. The summed E-state index contributed by atoms with van der Waals surface area (Å²) in [6.45, 7) is 8.50. The zero-order valence-electron chi connectivity index (χ0n) is 21.7. The quantitative estimate of drug-likeness (QED) is 0.494. The van der Waals surface area contributed by atoms with Gasteiger partial charge in [0.15, 0.2) is 5.13 Å². The number of carboxylic acids is 1. The second-order valence-corrected chi connectivity index (χ2v) is 12.0. The van der Waals surface area contributed by atoms with Crippen LogP contribution >= 0.6 is 11.3 Å². The Morgan fingerprint density at radius 2 is 2.11 bits per heavy atom. The zero-order chi connectivity index (χ0) is 26.3. The number of rotatable bonds is 2. The molecule has 1 saturated heterocycles. The summed E-state index contributed by atoms with van der Waals surface area (Å²) in [4.78, 5) is 36.7. The summed E-state index contributed by atoms with van der Waals surface area (Å²) < 4.78 is 6.30. The smallest absolute Gasteiger partial charge is 0.326 e. The maximum Gasteiger partial charge on any atom is 0.326 e. The van der Waals surface area contributed by atoms with Crippen molar-refractivity contribution in [2.45, 2.75) is 77.0 Å². The van der Waals surface area contributed by atoms with Gasteiger partial charge in [-0.25, -0.2) is 14.8 Å². The minimum atomic E-state index is -1.03. The van der Waals surface area contributed by atoms with E-state index in [1.54, 1.807) is 6.20 Å². The Kier molecular flexibility index (Phi) is 6.83. The fourth-order valence-corrected chi connectivity index (χ4v) is 6.24. The number of nitrogens with zero attached hydrogens (tertiary/aromatic N) is 3. The van der Waals surface area contributed by atoms with E-state index in [4.69, 9.17) is 9.72 Å². The molecule has 3 atom stereocenters. The maximum atomic E-state index is 13.7. The normalized spacial score (nSPS) is 24.0. The number of carbonyl (C=O) groups is 2. The number of hydrogen-bond acceptors (Lipinski definition) is 7. The van der Waals surface area contributed by atoms with Crippen LogP contribution in [0.5, 0.6) is 5.88 Å². The first kappa shape index (κ1) is 25.4. The van der Waals surface area contributed by atoms with E-state index >= 15 is 0 Å². The SMILES string of the molecule is CC(C)[C@@H]1Nc2nc(cs2)C(C)(C)CCCc2ccc3ccnc(c3c2)O[C@@H]2C[C@@H](C(=O)O)N(C2)C1=O. The molecule has 8 nitrogen and oxygen atoms in total. The molecule has 0 aliphatic carbocycles. The Morgan fingerprint density at radius 3 is 2.86 bits per heavy atom. The van der Waals surface area contributed by atoms with Crippen LogP contribution in [-0.4, -0.2) is 56.6 Å². The lowest BCUT2D eigenvalue weighted by atomic mass is 9.84. The number of pyridine rings is 1. The fourth-order valence-electron chi connectivity index (χ4n) is 5.30. The predicted octanol–water partition coefficient (Wildman–Crippen LogP) is 4.87. The van der Waals surface area contributed by atoms with Gasteiger partial charge in [-0.2, -0.15) is 0 Å². The maximum absolute atomic E-state index is 13.7. The number of ether oxygens (including phenoxy) is 1. The van der Waals surface area contributed by atoms with E-state index in [1.807, 2.05) is 19.9 Å². The first-order valence-electron chi connectivity index (χ1n) is 12.9. The van der Waals surface area contributed by atoms with E-state index in [1.165, 1.54) is 21.8 Å². The van der Waals surface area contributed by atoms with Gasteiger partial charge in [-0.05, 0) is 48.3 Å². The van der Waals surface area contributed by atoms with Gasteiger partial charge in [-0.1, -0.05) is 39.8 Å². The van der Waals surface area contributed by atoms with Crippen molar-refractivity contribution in [3.63, 3.8) is 0 Å². The molecule has 37 heavy (non-hydrogen) atoms. The summed E-state index contributed by atoms with van der Waals surface area (Å²) in [5.74, 6) is -0.860. The number of thiazole rings is 1. The number of nitrogens with one attached hydrogen (secondary N) is 1. The second-order valence-electron chi connectivity index (χ2n) is 11.1. The Morgan fingerprint density at radius 1 is 1.30 bits per heavy atom. The van der Waals surface area contributed by atoms with E-state index in [-0.39, 0.29) is 30.2 Å². The molecule has 0 unspecified atom stereocenters. The van der Waals surface area contributed by atoms with Crippen LogP contribution in [0.15, 0.2) is 35.8 Å². The molecule has 9 heteroatoms. The molecule has 2 aromatic heterocycles. The van der Waals surface area contributed by atoms with Gasteiger partial charge in [0.05, 0.1) is 12.2 Å². The molecular formula is C28H34N4O4S. The summed E-state index contributed by atoms with van der Waals surface area (Å²) in [7, 11) is 0. The Labute approximate surface area is 221 Å². The molecular weight excluding hydrogens is 488 g/mol. The molecule has 0 spiro atoms. The molecule has 196 valence electrons. The van der Waals surface area contributed by atoms with E-state index in [0.717, 1.165) is 35.7 Å². The van der Waals surface area contributed by atoms with Crippen molar-refractivity contribution in [3.05, 3.63) is 47.1 Å². The molecule has 2 N–H and O–H groups in total. The molecule has 1 fully saturated rings. The van der Waals surface area contributed by atoms with E-state index in [0.29, 0.717) is 11.0 Å². The third-order valence-corrected chi connectivity index (χ3v) is 8.35. The summed E-state index contributed by atoms with van der Waals surface area (Å²) in [6.07, 6.45) is 4.34. The van der Waals surface area contributed by atoms with E-state index < -0.39 is 24.2 Å². The average Bonchev–Trinajstić information content (AvgIpc) is 3.50. The molecule has 1 aromatic carbocycles. The zero-order valence-corrected chi connectivity index (χ0v) is 22.5. The molecule has 6 bridgehead atoms. The molecule has 3 aromatic rings. The number of benzene rings is 1. The minimum absolute atomic E-state index is 0.0639. The van der Waals surface area contributed by atoms with Crippen LogP contribution in [0.3, 0.4) is 0 Å². The standard InChI is InChI=1S/C28H34N4O4S/c1-16(2)23-25(33)32-14-19(13-21(32)26(34)35)36-24-20-12-17(7-8-18(20)9-11-29-24)6-5-10-28(3,4)22-15-37-27(30-22)31-23/h7-9,11-12,15-16,19,21,23H,5-6,10,13-14H2,1-4H3,(H,30,31)(H,34,35)/t19-,21+,23+/m1/s1. The number of aliphatic carboxylic acids is 1. The van der Waals surface area contributed by atoms with Crippen LogP contribution in [0, 0.1) is 5.92 Å². The van der Waals surface area contributed by atoms with E-state index in [2.05, 4.69) is 47.7 Å². The minimum Gasteiger partial charge on any atom is -0.480 e. The summed E-state index contributed by atoms with van der Waals surface area (Å²) in [5.41, 5.74) is 2.08. The Hall–Kier alpha value is -3.20. The first-order valence-corrected chi connectivity index (χ1v) is 13.8. The first-order chi connectivity index (χ1) is 17.6. The highest BCUT2D eigenvalue weighted by Crippen LogP contribution is 2.34. The monoisotopic (exact) mass is 522 g/mol. The van der Waals surface area contributed by atoms with Crippen molar-refractivity contribution in [2.24, 2.45) is 5.92 Å². The number of hydrogen-bond donors (Lipinski definition) is 2. The number of amides is 1. The average molecular weight is 523 g/mol. The largest absolute Gasteiger partial charge is 0.480 e. The molecule has 4 heterocycles. The number of carboxylic acid groups (broad SMARTS) is 1. The van der Waals surface area contributed by atoms with Gasteiger partial charge in [0.25, 0.3) is 0 Å². The van der Waals surface area contributed by atoms with Gasteiger partial charge in [0.2, 0.25) is 11.8 Å². The van der Waals surface area contributed by atoms with Crippen LogP contribution in [-0.2, 0) is 21.4 Å². The number of aromatic nitrogens is 2. The van der Waals surface area contributed by atoms with E-state index in [9.17, 15) is 14.7 Å². The van der Waals surface area contributed by atoms with Gasteiger partial charge < -0.3 is 20.1 Å². The van der Waals surface area contributed by atoms with Gasteiger partial charge in [-0.15, -0.1) is 11.3 Å². The van der Waals surface area contributed by atoms with Crippen LogP contribution < -0.4 is 10.1 Å². The van der Waals surface area contributed by atoms with Crippen LogP contribution in [0.4, 0.5) is 5.13 Å². The Bertz CT molecular complexity index is 1320. The van der Waals surface area contributed by atoms with Crippen LogP contribution in [0.25, 0.3) is 10.8 Å². The van der Waals surface area contributed by atoms with Gasteiger partial charge in [-0.3, -0.25) is 4.79 Å². The highest BCUT2D eigenvalue weighted by atomic mass is 32.1. The molecule has 2 aliphatic heterocycles. The van der Waals surface area contributed by atoms with Crippen molar-refractivity contribution in [2.75, 3.05) is 11.9 Å². The summed E-state index contributed by atoms with van der Waals surface area (Å²) >= 11 is 1.49. The van der Waals surface area contributed by atoms with Crippen molar-refractivity contribution >= 4 is 39.1 Å². The van der Waals surface area contributed by atoms with Crippen LogP contribution in [0.1, 0.15) is 58.2 Å². The van der Waals surface area contributed by atoms with Crippen molar-refractivity contribution in [3.8, 4) is 5.88 Å².